The number of benzene rings is 2. The van der Waals surface area contributed by atoms with E-state index in [0.29, 0.717) is 23.7 Å². The van der Waals surface area contributed by atoms with E-state index in [0.717, 1.165) is 31.7 Å². The second kappa shape index (κ2) is 11.8. The van der Waals surface area contributed by atoms with Crippen molar-refractivity contribution in [1.29, 1.82) is 0 Å². The fraction of sp³-hybridized carbons (Fsp3) is 0.379. The first-order valence-electron chi connectivity index (χ1n) is 13.4. The third-order valence-electron chi connectivity index (χ3n) is 7.60. The van der Waals surface area contributed by atoms with Crippen molar-refractivity contribution in [1.82, 2.24) is 9.97 Å². The maximum absolute atomic E-state index is 13.9. The van der Waals surface area contributed by atoms with Gasteiger partial charge in [-0.3, -0.25) is 9.59 Å². The molecule has 1 aliphatic carbocycles. The number of ether oxygens (including phenoxy) is 1. The fourth-order valence-corrected chi connectivity index (χ4v) is 5.46. The number of amides is 1. The Bertz CT molecular complexity index is 1390. The minimum atomic E-state index is -0.738. The van der Waals surface area contributed by atoms with Gasteiger partial charge in [0.15, 0.2) is 0 Å². The van der Waals surface area contributed by atoms with Gasteiger partial charge in [0.1, 0.15) is 29.6 Å². The molecule has 3 aromatic rings. The summed E-state index contributed by atoms with van der Waals surface area (Å²) < 4.78 is 32.8. The number of carboxylic acid groups (broad SMARTS) is 1. The molecule has 5 rings (SSSR count). The number of aliphatic carboxylic acids is 1. The molecule has 0 unspecified atom stereocenters. The Hall–Kier alpha value is -4.28. The molecule has 1 saturated carbocycles. The summed E-state index contributed by atoms with van der Waals surface area (Å²) in [5.74, 6) is -1.58. The van der Waals surface area contributed by atoms with Gasteiger partial charge in [0, 0.05) is 24.7 Å². The average molecular weight is 552 g/mol. The van der Waals surface area contributed by atoms with E-state index in [4.69, 9.17) is 15.6 Å². The van der Waals surface area contributed by atoms with E-state index < -0.39 is 17.6 Å². The highest BCUT2D eigenvalue weighted by molar-refractivity contribution is 6.10. The molecule has 40 heavy (non-hydrogen) atoms. The first kappa shape index (κ1) is 27.3. The highest BCUT2D eigenvalue weighted by Crippen LogP contribution is 2.38. The quantitative estimate of drug-likeness (QED) is 0.365. The summed E-state index contributed by atoms with van der Waals surface area (Å²) in [4.78, 5) is 34.6. The van der Waals surface area contributed by atoms with E-state index in [2.05, 4.69) is 15.3 Å². The van der Waals surface area contributed by atoms with E-state index in [1.807, 2.05) is 24.3 Å². The van der Waals surface area contributed by atoms with Crippen molar-refractivity contribution in [2.75, 3.05) is 35.6 Å². The molecule has 1 aliphatic heterocycles. The number of hydrogen-bond acceptors (Lipinski definition) is 7. The Labute approximate surface area is 230 Å². The lowest BCUT2D eigenvalue weighted by molar-refractivity contribution is -0.138. The van der Waals surface area contributed by atoms with Crippen molar-refractivity contribution in [3.63, 3.8) is 0 Å². The normalized spacial score (nSPS) is 18.9. The lowest BCUT2D eigenvalue weighted by Crippen LogP contribution is -2.32. The predicted molar refractivity (Wildman–Crippen MR) is 146 cm³/mol. The summed E-state index contributed by atoms with van der Waals surface area (Å²) in [6.45, 7) is 0.750. The molecule has 1 aromatic heterocycles. The number of carbonyl (C=O) groups is 2. The van der Waals surface area contributed by atoms with Gasteiger partial charge < -0.3 is 25.8 Å². The molecule has 0 spiro atoms. The number of carbonyl (C=O) groups excluding carboxylic acids is 1. The summed E-state index contributed by atoms with van der Waals surface area (Å²) in [7, 11) is 0. The number of hydrogen-bond donors (Lipinski definition) is 3. The molecular formula is C29H31F2N5O4. The molecule has 1 fully saturated rings. The summed E-state index contributed by atoms with van der Waals surface area (Å²) >= 11 is 0. The molecular weight excluding hydrogens is 520 g/mol. The maximum Gasteiger partial charge on any atom is 0.303 e. The molecule has 1 amide bonds. The standard InChI is InChI=1S/C29H31F2N5O4/c30-21-8-5-20(23(31)16-21)11-12-33-29-34-26(32)25-27(35-29)40-14-13-36(28(25)39)22-9-6-19(7-10-22)18-3-1-17(2-4-18)15-24(37)38/h5-10,16-18H,1-4,11-15H2,(H,37,38)(H3,32,33,34,35). The molecule has 0 radical (unpaired) electrons. The second-order valence-electron chi connectivity index (χ2n) is 10.2. The number of nitrogens with two attached hydrogens (primary N) is 1. The van der Waals surface area contributed by atoms with Crippen LogP contribution in [0, 0.1) is 17.6 Å². The molecule has 11 heteroatoms. The molecule has 9 nitrogen and oxygen atoms in total. The van der Waals surface area contributed by atoms with E-state index >= 15 is 0 Å². The number of fused-ring (bicyclic) bond motifs is 1. The fourth-order valence-electron chi connectivity index (χ4n) is 5.46. The van der Waals surface area contributed by atoms with Crippen LogP contribution in [0.5, 0.6) is 5.88 Å². The summed E-state index contributed by atoms with van der Waals surface area (Å²) in [5.41, 5.74) is 8.47. The van der Waals surface area contributed by atoms with Crippen LogP contribution >= 0.6 is 0 Å². The Morgan fingerprint density at radius 2 is 1.85 bits per heavy atom. The van der Waals surface area contributed by atoms with Crippen LogP contribution < -0.4 is 20.7 Å². The zero-order valence-corrected chi connectivity index (χ0v) is 21.9. The first-order chi connectivity index (χ1) is 19.3. The van der Waals surface area contributed by atoms with Crippen molar-refractivity contribution < 1.29 is 28.2 Å². The maximum atomic E-state index is 13.9. The Kier molecular flexibility index (Phi) is 8.09. The zero-order chi connectivity index (χ0) is 28.2. The minimum Gasteiger partial charge on any atom is -0.481 e. The molecule has 210 valence electrons. The lowest BCUT2D eigenvalue weighted by atomic mass is 9.77. The van der Waals surface area contributed by atoms with E-state index in [9.17, 15) is 18.4 Å². The van der Waals surface area contributed by atoms with Gasteiger partial charge in [-0.05, 0) is 73.3 Å². The van der Waals surface area contributed by atoms with Gasteiger partial charge in [0.05, 0.1) is 6.54 Å². The molecule has 0 saturated heterocycles. The summed E-state index contributed by atoms with van der Waals surface area (Å²) in [6.07, 6.45) is 4.19. The topological polar surface area (TPSA) is 131 Å². The smallest absolute Gasteiger partial charge is 0.303 e. The average Bonchev–Trinajstić information content (AvgIpc) is 3.09. The number of aromatic nitrogens is 2. The van der Waals surface area contributed by atoms with Crippen LogP contribution in [-0.2, 0) is 11.2 Å². The molecule has 2 aliphatic rings. The van der Waals surface area contributed by atoms with E-state index in [-0.39, 0.29) is 61.0 Å². The Morgan fingerprint density at radius 3 is 2.55 bits per heavy atom. The molecule has 0 bridgehead atoms. The van der Waals surface area contributed by atoms with Crippen molar-refractivity contribution in [3.05, 3.63) is 70.8 Å². The Balaban J connectivity index is 1.24. The van der Waals surface area contributed by atoms with Crippen molar-refractivity contribution in [3.8, 4) is 5.88 Å². The number of nitrogens with zero attached hydrogens (tertiary/aromatic N) is 3. The predicted octanol–water partition coefficient (Wildman–Crippen LogP) is 4.78. The van der Waals surface area contributed by atoms with Crippen molar-refractivity contribution in [2.24, 2.45) is 5.92 Å². The third-order valence-corrected chi connectivity index (χ3v) is 7.60. The van der Waals surface area contributed by atoms with Crippen LogP contribution in [0.2, 0.25) is 0 Å². The summed E-state index contributed by atoms with van der Waals surface area (Å²) in [6, 6.07) is 11.3. The number of nitrogen functional groups attached to an aromatic ring is 1. The van der Waals surface area contributed by atoms with Crippen molar-refractivity contribution >= 4 is 29.3 Å². The van der Waals surface area contributed by atoms with Crippen LogP contribution in [0.25, 0.3) is 0 Å². The number of halogens is 2. The molecule has 4 N–H and O–H groups in total. The summed E-state index contributed by atoms with van der Waals surface area (Å²) in [5, 5.41) is 12.0. The molecule has 2 heterocycles. The Morgan fingerprint density at radius 1 is 1.10 bits per heavy atom. The van der Waals surface area contributed by atoms with Crippen LogP contribution in [0.4, 0.5) is 26.2 Å². The van der Waals surface area contributed by atoms with Crippen LogP contribution in [0.3, 0.4) is 0 Å². The number of carboxylic acids is 1. The van der Waals surface area contributed by atoms with Crippen molar-refractivity contribution in [2.45, 2.75) is 44.4 Å². The van der Waals surface area contributed by atoms with Gasteiger partial charge in [-0.2, -0.15) is 9.97 Å². The largest absolute Gasteiger partial charge is 0.481 e. The highest BCUT2D eigenvalue weighted by atomic mass is 19.1. The SMILES string of the molecule is Nc1nc(NCCc2ccc(F)cc2F)nc2c1C(=O)N(c1ccc(C3CCC(CC(=O)O)CC3)cc1)CCO2. The van der Waals surface area contributed by atoms with Gasteiger partial charge in [-0.15, -0.1) is 0 Å². The van der Waals surface area contributed by atoms with E-state index in [1.165, 1.54) is 17.7 Å². The van der Waals surface area contributed by atoms with Crippen LogP contribution in [-0.4, -0.2) is 46.6 Å². The monoisotopic (exact) mass is 551 g/mol. The van der Waals surface area contributed by atoms with Gasteiger partial charge >= 0.3 is 5.97 Å². The van der Waals surface area contributed by atoms with Crippen LogP contribution in [0.1, 0.15) is 59.5 Å². The lowest BCUT2D eigenvalue weighted by Gasteiger charge is -2.28. The molecule has 2 aromatic carbocycles. The van der Waals surface area contributed by atoms with Crippen LogP contribution in [0.15, 0.2) is 42.5 Å². The van der Waals surface area contributed by atoms with E-state index in [1.54, 1.807) is 4.90 Å². The third kappa shape index (κ3) is 6.13. The highest BCUT2D eigenvalue weighted by Gasteiger charge is 2.30. The number of anilines is 3. The first-order valence-corrected chi connectivity index (χ1v) is 13.4. The van der Waals surface area contributed by atoms with Gasteiger partial charge in [-0.1, -0.05) is 18.2 Å². The van der Waals surface area contributed by atoms with Gasteiger partial charge in [-0.25, -0.2) is 8.78 Å². The van der Waals surface area contributed by atoms with Gasteiger partial charge in [0.25, 0.3) is 5.91 Å². The zero-order valence-electron chi connectivity index (χ0n) is 21.9. The number of rotatable bonds is 8. The second-order valence-corrected chi connectivity index (χ2v) is 10.2. The number of nitrogens with one attached hydrogen (secondary N) is 1. The van der Waals surface area contributed by atoms with Gasteiger partial charge in [0.2, 0.25) is 11.8 Å². The minimum absolute atomic E-state index is 0.0351. The molecule has 0 atom stereocenters.